The lowest BCUT2D eigenvalue weighted by atomic mass is 10.1. The van der Waals surface area contributed by atoms with E-state index in [1.54, 1.807) is 7.11 Å². The van der Waals surface area contributed by atoms with Crippen molar-refractivity contribution in [1.29, 1.82) is 0 Å². The van der Waals surface area contributed by atoms with Gasteiger partial charge in [-0.05, 0) is 5.92 Å². The molecule has 0 aromatic carbocycles. The summed E-state index contributed by atoms with van der Waals surface area (Å²) in [6, 6.07) is 0. The third-order valence-corrected chi connectivity index (χ3v) is 2.63. The van der Waals surface area contributed by atoms with Crippen molar-refractivity contribution in [3.63, 3.8) is 0 Å². The van der Waals surface area contributed by atoms with Gasteiger partial charge in [0.2, 0.25) is 0 Å². The molecule has 6 heteroatoms. The third kappa shape index (κ3) is 5.32. The number of carboxylic acid groups (broad SMARTS) is 1. The van der Waals surface area contributed by atoms with Crippen LogP contribution in [0.4, 0.5) is 0 Å². The van der Waals surface area contributed by atoms with Crippen molar-refractivity contribution in [3.05, 3.63) is 23.8 Å². The number of hydrogen-bond donors (Lipinski definition) is 1. The maximum Gasteiger partial charge on any atom is 0.339 e. The van der Waals surface area contributed by atoms with Crippen molar-refractivity contribution in [3.8, 4) is 0 Å². The fourth-order valence-electron chi connectivity index (χ4n) is 1.84. The van der Waals surface area contributed by atoms with Crippen LogP contribution in [0.2, 0.25) is 0 Å². The van der Waals surface area contributed by atoms with Crippen molar-refractivity contribution in [2.24, 2.45) is 5.92 Å². The largest absolute Gasteiger partial charge is 0.478 e. The maximum atomic E-state index is 11.1. The molecule has 1 aromatic rings. The van der Waals surface area contributed by atoms with Gasteiger partial charge in [0.05, 0.1) is 12.3 Å². The SMILES string of the molecule is COCCN(Cc1ncncc1C(=O)O)CC(C)C. The van der Waals surface area contributed by atoms with Crippen LogP contribution in [0.3, 0.4) is 0 Å². The molecule has 0 aliphatic rings. The van der Waals surface area contributed by atoms with Gasteiger partial charge in [-0.25, -0.2) is 14.8 Å². The summed E-state index contributed by atoms with van der Waals surface area (Å²) in [4.78, 5) is 21.1. The Labute approximate surface area is 113 Å². The summed E-state index contributed by atoms with van der Waals surface area (Å²) in [7, 11) is 1.65. The van der Waals surface area contributed by atoms with Crippen LogP contribution in [-0.4, -0.2) is 52.7 Å². The molecular formula is C13H21N3O3. The lowest BCUT2D eigenvalue weighted by Crippen LogP contribution is -2.31. The standard InChI is InChI=1S/C13H21N3O3/c1-10(2)7-16(4-5-19-3)8-12-11(13(17)18)6-14-9-15-12/h6,9-10H,4-5,7-8H2,1-3H3,(H,17,18). The van der Waals surface area contributed by atoms with Crippen molar-refractivity contribution in [2.75, 3.05) is 26.8 Å². The highest BCUT2D eigenvalue weighted by Crippen LogP contribution is 2.09. The summed E-state index contributed by atoms with van der Waals surface area (Å²) in [5.74, 6) is -0.501. The predicted octanol–water partition coefficient (Wildman–Crippen LogP) is 1.28. The van der Waals surface area contributed by atoms with Crippen LogP contribution in [0.25, 0.3) is 0 Å². The number of methoxy groups -OCH3 is 1. The fourth-order valence-corrected chi connectivity index (χ4v) is 1.84. The number of carbonyl (C=O) groups is 1. The van der Waals surface area contributed by atoms with E-state index in [0.29, 0.717) is 24.8 Å². The highest BCUT2D eigenvalue weighted by molar-refractivity contribution is 5.88. The fraction of sp³-hybridized carbons (Fsp3) is 0.615. The molecule has 0 saturated heterocycles. The number of rotatable bonds is 8. The van der Waals surface area contributed by atoms with Gasteiger partial charge in [-0.2, -0.15) is 0 Å². The van der Waals surface area contributed by atoms with Gasteiger partial charge < -0.3 is 9.84 Å². The lowest BCUT2D eigenvalue weighted by molar-refractivity contribution is 0.0692. The molecule has 0 aliphatic carbocycles. The first-order valence-electron chi connectivity index (χ1n) is 6.28. The topological polar surface area (TPSA) is 75.5 Å². The average Bonchev–Trinajstić information content (AvgIpc) is 2.35. The van der Waals surface area contributed by atoms with Crippen molar-refractivity contribution < 1.29 is 14.6 Å². The van der Waals surface area contributed by atoms with Gasteiger partial charge in [-0.1, -0.05) is 13.8 Å². The molecule has 0 bridgehead atoms. The van der Waals surface area contributed by atoms with Crippen LogP contribution < -0.4 is 0 Å². The molecule has 1 heterocycles. The van der Waals surface area contributed by atoms with Gasteiger partial charge in [-0.3, -0.25) is 4.90 Å². The van der Waals surface area contributed by atoms with Crippen LogP contribution in [0.15, 0.2) is 12.5 Å². The molecule has 1 rings (SSSR count). The van der Waals surface area contributed by atoms with Crippen LogP contribution in [0.1, 0.15) is 29.9 Å². The van der Waals surface area contributed by atoms with E-state index in [0.717, 1.165) is 13.1 Å². The molecule has 1 N–H and O–H groups in total. The Morgan fingerprint density at radius 3 is 2.84 bits per heavy atom. The minimum atomic E-state index is -0.994. The highest BCUT2D eigenvalue weighted by atomic mass is 16.5. The summed E-state index contributed by atoms with van der Waals surface area (Å²) in [5.41, 5.74) is 0.702. The second kappa shape index (κ2) is 7.81. The molecule has 0 amide bonds. The van der Waals surface area contributed by atoms with Crippen LogP contribution >= 0.6 is 0 Å². The zero-order valence-electron chi connectivity index (χ0n) is 11.7. The Morgan fingerprint density at radius 1 is 1.53 bits per heavy atom. The molecule has 6 nitrogen and oxygen atoms in total. The molecule has 0 radical (unpaired) electrons. The first-order chi connectivity index (χ1) is 9.04. The molecule has 0 atom stereocenters. The van der Waals surface area contributed by atoms with Gasteiger partial charge in [0, 0.05) is 32.9 Å². The molecule has 19 heavy (non-hydrogen) atoms. The molecule has 0 unspecified atom stereocenters. The molecular weight excluding hydrogens is 246 g/mol. The second-order valence-electron chi connectivity index (χ2n) is 4.81. The Bertz CT molecular complexity index is 410. The third-order valence-electron chi connectivity index (χ3n) is 2.63. The number of ether oxygens (including phenoxy) is 1. The van der Waals surface area contributed by atoms with E-state index in [2.05, 4.69) is 28.7 Å². The highest BCUT2D eigenvalue weighted by Gasteiger charge is 2.15. The minimum absolute atomic E-state index is 0.161. The van der Waals surface area contributed by atoms with E-state index < -0.39 is 5.97 Å². The van der Waals surface area contributed by atoms with Gasteiger partial charge in [0.15, 0.2) is 0 Å². The second-order valence-corrected chi connectivity index (χ2v) is 4.81. The molecule has 0 aliphatic heterocycles. The summed E-state index contributed by atoms with van der Waals surface area (Å²) < 4.78 is 5.08. The smallest absolute Gasteiger partial charge is 0.339 e. The van der Waals surface area contributed by atoms with Crippen LogP contribution in [-0.2, 0) is 11.3 Å². The number of carboxylic acids is 1. The average molecular weight is 267 g/mol. The molecule has 0 fully saturated rings. The van der Waals surface area contributed by atoms with Gasteiger partial charge in [-0.15, -0.1) is 0 Å². The maximum absolute atomic E-state index is 11.1. The summed E-state index contributed by atoms with van der Waals surface area (Å²) in [6.07, 6.45) is 2.72. The Kier molecular flexibility index (Phi) is 6.38. The van der Waals surface area contributed by atoms with Gasteiger partial charge in [0.1, 0.15) is 11.9 Å². The first-order valence-corrected chi connectivity index (χ1v) is 6.28. The Hall–Kier alpha value is -1.53. The Balaban J connectivity index is 2.80. The zero-order valence-corrected chi connectivity index (χ0v) is 11.7. The molecule has 106 valence electrons. The summed E-state index contributed by atoms with van der Waals surface area (Å²) >= 11 is 0. The van der Waals surface area contributed by atoms with Crippen molar-refractivity contribution in [2.45, 2.75) is 20.4 Å². The summed E-state index contributed by atoms with van der Waals surface area (Å²) in [6.45, 7) is 6.96. The number of aromatic nitrogens is 2. The van der Waals surface area contributed by atoms with E-state index in [1.807, 2.05) is 0 Å². The van der Waals surface area contributed by atoms with E-state index in [-0.39, 0.29) is 5.56 Å². The monoisotopic (exact) mass is 267 g/mol. The van der Waals surface area contributed by atoms with Crippen LogP contribution in [0.5, 0.6) is 0 Å². The van der Waals surface area contributed by atoms with E-state index in [4.69, 9.17) is 9.84 Å². The Morgan fingerprint density at radius 2 is 2.26 bits per heavy atom. The van der Waals surface area contributed by atoms with Crippen LogP contribution in [0, 0.1) is 5.92 Å². The summed E-state index contributed by atoms with van der Waals surface area (Å²) in [5, 5.41) is 9.11. The number of hydrogen-bond acceptors (Lipinski definition) is 5. The van der Waals surface area contributed by atoms with Crippen molar-refractivity contribution >= 4 is 5.97 Å². The van der Waals surface area contributed by atoms with Gasteiger partial charge in [0.25, 0.3) is 0 Å². The first kappa shape index (κ1) is 15.5. The molecule has 0 saturated carbocycles. The minimum Gasteiger partial charge on any atom is -0.478 e. The van der Waals surface area contributed by atoms with E-state index in [9.17, 15) is 4.79 Å². The zero-order chi connectivity index (χ0) is 14.3. The number of nitrogens with zero attached hydrogens (tertiary/aromatic N) is 3. The van der Waals surface area contributed by atoms with Crippen molar-refractivity contribution in [1.82, 2.24) is 14.9 Å². The number of aromatic carboxylic acids is 1. The molecule has 1 aromatic heterocycles. The predicted molar refractivity (Wildman–Crippen MR) is 71.0 cm³/mol. The normalized spacial score (nSPS) is 11.2. The molecule has 0 spiro atoms. The van der Waals surface area contributed by atoms with Gasteiger partial charge >= 0.3 is 5.97 Å². The van der Waals surface area contributed by atoms with E-state index in [1.165, 1.54) is 12.5 Å². The van der Waals surface area contributed by atoms with E-state index >= 15 is 0 Å². The lowest BCUT2D eigenvalue weighted by Gasteiger charge is -2.23. The quantitative estimate of drug-likeness (QED) is 0.764.